The molecule has 0 aliphatic carbocycles. The number of ether oxygens (including phenoxy) is 1. The van der Waals surface area contributed by atoms with Crippen LogP contribution in [0.3, 0.4) is 0 Å². The Morgan fingerprint density at radius 3 is 2.44 bits per heavy atom. The molecule has 0 saturated carbocycles. The highest BCUT2D eigenvalue weighted by atomic mass is 16.5. The summed E-state index contributed by atoms with van der Waals surface area (Å²) in [5.41, 5.74) is 6.67. The largest absolute Gasteiger partial charge is 0.375 e. The number of carbonyl (C=O) groups is 1. The van der Waals surface area contributed by atoms with Gasteiger partial charge in [-0.3, -0.25) is 4.79 Å². The van der Waals surface area contributed by atoms with E-state index in [0.29, 0.717) is 12.2 Å². The van der Waals surface area contributed by atoms with E-state index in [1.165, 1.54) is 0 Å². The van der Waals surface area contributed by atoms with Gasteiger partial charge >= 0.3 is 0 Å². The molecule has 0 bridgehead atoms. The number of rotatable bonds is 7. The summed E-state index contributed by atoms with van der Waals surface area (Å²) in [7, 11) is 0. The van der Waals surface area contributed by atoms with Crippen LogP contribution in [0, 0.1) is 0 Å². The summed E-state index contributed by atoms with van der Waals surface area (Å²) in [6, 6.07) is 7.29. The van der Waals surface area contributed by atoms with Crippen LogP contribution in [0.2, 0.25) is 0 Å². The van der Waals surface area contributed by atoms with Gasteiger partial charge in [0.05, 0.1) is 5.60 Å². The maximum Gasteiger partial charge on any atom is 0.248 e. The number of hydrogen-bond donors (Lipinski definition) is 2. The van der Waals surface area contributed by atoms with Crippen LogP contribution in [-0.4, -0.2) is 24.7 Å². The predicted molar refractivity (Wildman–Crippen MR) is 72.4 cm³/mol. The van der Waals surface area contributed by atoms with Crippen molar-refractivity contribution in [3.63, 3.8) is 0 Å². The van der Waals surface area contributed by atoms with Crippen LogP contribution < -0.4 is 11.1 Å². The Labute approximate surface area is 109 Å². The van der Waals surface area contributed by atoms with Crippen molar-refractivity contribution in [2.24, 2.45) is 5.73 Å². The van der Waals surface area contributed by atoms with E-state index in [9.17, 15) is 4.79 Å². The fraction of sp³-hybridized carbons (Fsp3) is 0.500. The van der Waals surface area contributed by atoms with Gasteiger partial charge in [0.2, 0.25) is 5.91 Å². The van der Waals surface area contributed by atoms with Crippen molar-refractivity contribution in [3.8, 4) is 0 Å². The zero-order valence-electron chi connectivity index (χ0n) is 11.3. The lowest BCUT2D eigenvalue weighted by Gasteiger charge is -2.25. The normalized spacial score (nSPS) is 11.5. The van der Waals surface area contributed by atoms with Gasteiger partial charge < -0.3 is 15.8 Å². The molecule has 0 heterocycles. The molecule has 0 aromatic heterocycles. The minimum atomic E-state index is -0.396. The fourth-order valence-electron chi connectivity index (χ4n) is 1.74. The third-order valence-electron chi connectivity index (χ3n) is 2.65. The molecule has 4 heteroatoms. The number of nitrogens with two attached hydrogens (primary N) is 1. The average molecular weight is 250 g/mol. The Bertz CT molecular complexity index is 385. The van der Waals surface area contributed by atoms with E-state index in [-0.39, 0.29) is 5.60 Å². The standard InChI is InChI=1S/C14H22N2O2/c1-4-18-14(2,3)10-16-9-11-5-7-12(8-6-11)13(15)17/h5-8,16H,4,9-10H2,1-3H3,(H2,15,17). The molecule has 1 aromatic carbocycles. The van der Waals surface area contributed by atoms with Crippen LogP contribution in [0.15, 0.2) is 24.3 Å². The van der Waals surface area contributed by atoms with Crippen molar-refractivity contribution < 1.29 is 9.53 Å². The summed E-state index contributed by atoms with van der Waals surface area (Å²) in [5, 5.41) is 3.33. The Hall–Kier alpha value is -1.39. The number of carbonyl (C=O) groups excluding carboxylic acids is 1. The number of benzene rings is 1. The minimum absolute atomic E-state index is 0.165. The molecule has 100 valence electrons. The Morgan fingerprint density at radius 2 is 1.94 bits per heavy atom. The summed E-state index contributed by atoms with van der Waals surface area (Å²) in [6.45, 7) is 8.33. The van der Waals surface area contributed by atoms with Crippen LogP contribution in [0.25, 0.3) is 0 Å². The zero-order chi connectivity index (χ0) is 13.6. The second-order valence-electron chi connectivity index (χ2n) is 4.86. The highest BCUT2D eigenvalue weighted by Crippen LogP contribution is 2.08. The van der Waals surface area contributed by atoms with E-state index in [4.69, 9.17) is 10.5 Å². The highest BCUT2D eigenvalue weighted by Gasteiger charge is 2.16. The first-order valence-corrected chi connectivity index (χ1v) is 6.18. The Balaban J connectivity index is 2.42. The maximum atomic E-state index is 10.9. The third kappa shape index (κ3) is 4.85. The summed E-state index contributed by atoms with van der Waals surface area (Å²) in [5.74, 6) is -0.396. The van der Waals surface area contributed by atoms with Crippen LogP contribution in [0.4, 0.5) is 0 Å². The van der Waals surface area contributed by atoms with Gasteiger partial charge in [0.15, 0.2) is 0 Å². The molecule has 0 atom stereocenters. The molecule has 0 aliphatic rings. The van der Waals surface area contributed by atoms with Gasteiger partial charge in [-0.25, -0.2) is 0 Å². The first kappa shape index (κ1) is 14.7. The first-order chi connectivity index (χ1) is 8.44. The predicted octanol–water partition coefficient (Wildman–Crippen LogP) is 1.69. The highest BCUT2D eigenvalue weighted by molar-refractivity contribution is 5.92. The molecule has 18 heavy (non-hydrogen) atoms. The van der Waals surface area contributed by atoms with Crippen LogP contribution in [0.5, 0.6) is 0 Å². The smallest absolute Gasteiger partial charge is 0.248 e. The molecule has 3 N–H and O–H groups in total. The van der Waals surface area contributed by atoms with E-state index in [1.807, 2.05) is 19.1 Å². The number of nitrogens with one attached hydrogen (secondary N) is 1. The van der Waals surface area contributed by atoms with Gasteiger partial charge in [-0.15, -0.1) is 0 Å². The molecule has 0 aliphatic heterocycles. The zero-order valence-corrected chi connectivity index (χ0v) is 11.3. The molecule has 1 amide bonds. The minimum Gasteiger partial charge on any atom is -0.375 e. The molecule has 1 rings (SSSR count). The van der Waals surface area contributed by atoms with Crippen LogP contribution >= 0.6 is 0 Å². The van der Waals surface area contributed by atoms with E-state index in [0.717, 1.165) is 18.7 Å². The molecule has 4 nitrogen and oxygen atoms in total. The number of amides is 1. The molecular formula is C14H22N2O2. The van der Waals surface area contributed by atoms with Crippen LogP contribution in [-0.2, 0) is 11.3 Å². The third-order valence-corrected chi connectivity index (χ3v) is 2.65. The van der Waals surface area contributed by atoms with Crippen molar-refractivity contribution in [2.45, 2.75) is 32.9 Å². The van der Waals surface area contributed by atoms with Gasteiger partial charge in [-0.05, 0) is 38.5 Å². The van der Waals surface area contributed by atoms with E-state index >= 15 is 0 Å². The second kappa shape index (κ2) is 6.52. The molecule has 0 fully saturated rings. The summed E-state index contributed by atoms with van der Waals surface area (Å²) in [4.78, 5) is 10.9. The Kier molecular flexibility index (Phi) is 5.31. The van der Waals surface area contributed by atoms with Gasteiger partial charge in [-0.2, -0.15) is 0 Å². The van der Waals surface area contributed by atoms with Gasteiger partial charge in [-0.1, -0.05) is 12.1 Å². The van der Waals surface area contributed by atoms with Gasteiger partial charge in [0, 0.05) is 25.3 Å². The molecule has 0 unspecified atom stereocenters. The fourth-order valence-corrected chi connectivity index (χ4v) is 1.74. The van der Waals surface area contributed by atoms with Crippen LogP contribution in [0.1, 0.15) is 36.7 Å². The first-order valence-electron chi connectivity index (χ1n) is 6.18. The van der Waals surface area contributed by atoms with E-state index in [1.54, 1.807) is 12.1 Å². The van der Waals surface area contributed by atoms with Crippen molar-refractivity contribution in [2.75, 3.05) is 13.2 Å². The lowest BCUT2D eigenvalue weighted by atomic mass is 10.1. The van der Waals surface area contributed by atoms with E-state index < -0.39 is 5.91 Å². The van der Waals surface area contributed by atoms with Gasteiger partial charge in [0.1, 0.15) is 0 Å². The SMILES string of the molecule is CCOC(C)(C)CNCc1ccc(C(N)=O)cc1. The lowest BCUT2D eigenvalue weighted by Crippen LogP contribution is -2.37. The summed E-state index contributed by atoms with van der Waals surface area (Å²) in [6.07, 6.45) is 0. The van der Waals surface area contributed by atoms with Gasteiger partial charge in [0.25, 0.3) is 0 Å². The quantitative estimate of drug-likeness (QED) is 0.774. The lowest BCUT2D eigenvalue weighted by molar-refractivity contribution is -0.00897. The number of hydrogen-bond acceptors (Lipinski definition) is 3. The van der Waals surface area contributed by atoms with E-state index in [2.05, 4.69) is 19.2 Å². The second-order valence-corrected chi connectivity index (χ2v) is 4.86. The molecular weight excluding hydrogens is 228 g/mol. The molecule has 0 spiro atoms. The molecule has 0 saturated heterocycles. The summed E-state index contributed by atoms with van der Waals surface area (Å²) < 4.78 is 5.59. The monoisotopic (exact) mass is 250 g/mol. The average Bonchev–Trinajstić information content (AvgIpc) is 2.29. The summed E-state index contributed by atoms with van der Waals surface area (Å²) >= 11 is 0. The molecule has 1 aromatic rings. The molecule has 0 radical (unpaired) electrons. The van der Waals surface area contributed by atoms with Crippen molar-refractivity contribution >= 4 is 5.91 Å². The van der Waals surface area contributed by atoms with Crippen molar-refractivity contribution in [1.82, 2.24) is 5.32 Å². The maximum absolute atomic E-state index is 10.9. The Morgan fingerprint density at radius 1 is 1.33 bits per heavy atom. The van der Waals surface area contributed by atoms with Crippen molar-refractivity contribution in [1.29, 1.82) is 0 Å². The topological polar surface area (TPSA) is 64.3 Å². The van der Waals surface area contributed by atoms with Crippen molar-refractivity contribution in [3.05, 3.63) is 35.4 Å². The number of primary amides is 1.